The summed E-state index contributed by atoms with van der Waals surface area (Å²) in [6, 6.07) is 5.74. The zero-order valence-corrected chi connectivity index (χ0v) is 8.55. The SMILES string of the molecule is O=C(O)Cc1ccccc1S(=O)(=O)Cl. The van der Waals surface area contributed by atoms with Crippen molar-refractivity contribution in [2.24, 2.45) is 0 Å². The standard InChI is InChI=1S/C8H7ClO4S/c9-14(12,13)7-4-2-1-3-6(7)5-8(10)11/h1-4H,5H2,(H,10,11). The molecule has 6 heteroatoms. The van der Waals surface area contributed by atoms with Crippen LogP contribution in [0.4, 0.5) is 0 Å². The first-order valence-electron chi connectivity index (χ1n) is 3.65. The summed E-state index contributed by atoms with van der Waals surface area (Å²) in [7, 11) is 1.26. The van der Waals surface area contributed by atoms with Crippen molar-refractivity contribution in [3.05, 3.63) is 29.8 Å². The van der Waals surface area contributed by atoms with Crippen molar-refractivity contribution in [3.8, 4) is 0 Å². The van der Waals surface area contributed by atoms with Crippen LogP contribution in [0.25, 0.3) is 0 Å². The van der Waals surface area contributed by atoms with Gasteiger partial charge in [0.05, 0.1) is 11.3 Å². The lowest BCUT2D eigenvalue weighted by molar-refractivity contribution is -0.136. The molecule has 0 unspecified atom stereocenters. The first-order chi connectivity index (χ1) is 6.41. The molecule has 0 aliphatic rings. The van der Waals surface area contributed by atoms with Gasteiger partial charge in [-0.15, -0.1) is 0 Å². The highest BCUT2D eigenvalue weighted by atomic mass is 35.7. The van der Waals surface area contributed by atoms with E-state index in [1.54, 1.807) is 6.07 Å². The zero-order valence-electron chi connectivity index (χ0n) is 6.97. The minimum atomic E-state index is -3.87. The Bertz CT molecular complexity index is 452. The number of halogens is 1. The highest BCUT2D eigenvalue weighted by molar-refractivity contribution is 8.13. The van der Waals surface area contributed by atoms with Gasteiger partial charge in [0, 0.05) is 10.7 Å². The molecule has 0 aliphatic carbocycles. The Morgan fingerprint density at radius 1 is 1.36 bits per heavy atom. The molecule has 0 fully saturated rings. The lowest BCUT2D eigenvalue weighted by Gasteiger charge is -2.02. The topological polar surface area (TPSA) is 71.4 Å². The molecule has 0 amide bonds. The maximum Gasteiger partial charge on any atom is 0.307 e. The molecule has 0 bridgehead atoms. The third-order valence-electron chi connectivity index (χ3n) is 1.58. The molecular weight excluding hydrogens is 228 g/mol. The number of aliphatic carboxylic acids is 1. The molecule has 1 N–H and O–H groups in total. The Labute approximate surface area is 85.5 Å². The number of rotatable bonds is 3. The summed E-state index contributed by atoms with van der Waals surface area (Å²) >= 11 is 0. The lowest BCUT2D eigenvalue weighted by atomic mass is 10.1. The number of carboxylic acids is 1. The summed E-state index contributed by atoms with van der Waals surface area (Å²) in [5.74, 6) is -1.10. The molecule has 0 spiro atoms. The van der Waals surface area contributed by atoms with E-state index in [0.29, 0.717) is 0 Å². The van der Waals surface area contributed by atoms with E-state index in [9.17, 15) is 13.2 Å². The number of carboxylic acid groups (broad SMARTS) is 1. The maximum atomic E-state index is 11.0. The van der Waals surface area contributed by atoms with Gasteiger partial charge in [-0.2, -0.15) is 0 Å². The number of benzene rings is 1. The van der Waals surface area contributed by atoms with E-state index in [0.717, 1.165) is 0 Å². The van der Waals surface area contributed by atoms with Crippen LogP contribution in [-0.2, 0) is 20.3 Å². The van der Waals surface area contributed by atoms with Crippen LogP contribution in [0.1, 0.15) is 5.56 Å². The fourth-order valence-electron chi connectivity index (χ4n) is 1.05. The van der Waals surface area contributed by atoms with Gasteiger partial charge in [-0.3, -0.25) is 4.79 Å². The van der Waals surface area contributed by atoms with E-state index in [-0.39, 0.29) is 16.9 Å². The van der Waals surface area contributed by atoms with E-state index < -0.39 is 15.0 Å². The fraction of sp³-hybridized carbons (Fsp3) is 0.125. The summed E-state index contributed by atoms with van der Waals surface area (Å²) in [6.45, 7) is 0. The fourth-order valence-corrected chi connectivity index (χ4v) is 2.20. The molecule has 1 aromatic carbocycles. The van der Waals surface area contributed by atoms with Crippen LogP contribution >= 0.6 is 10.7 Å². The van der Waals surface area contributed by atoms with Crippen LogP contribution in [0, 0.1) is 0 Å². The van der Waals surface area contributed by atoms with Gasteiger partial charge >= 0.3 is 5.97 Å². The Hall–Kier alpha value is -1.07. The Balaban J connectivity index is 3.23. The molecule has 0 heterocycles. The van der Waals surface area contributed by atoms with Gasteiger partial charge in [-0.1, -0.05) is 18.2 Å². The normalized spacial score (nSPS) is 11.2. The summed E-state index contributed by atoms with van der Waals surface area (Å²) in [5, 5.41) is 8.52. The molecule has 0 saturated carbocycles. The minimum absolute atomic E-state index is 0.149. The third kappa shape index (κ3) is 2.71. The van der Waals surface area contributed by atoms with Crippen LogP contribution in [0.2, 0.25) is 0 Å². The summed E-state index contributed by atoms with van der Waals surface area (Å²) in [4.78, 5) is 10.3. The van der Waals surface area contributed by atoms with Crippen LogP contribution in [0.15, 0.2) is 29.2 Å². The van der Waals surface area contributed by atoms with Crippen LogP contribution < -0.4 is 0 Å². The van der Waals surface area contributed by atoms with Gasteiger partial charge in [0.2, 0.25) is 0 Å². The average Bonchev–Trinajstić information content (AvgIpc) is 2.01. The van der Waals surface area contributed by atoms with Gasteiger partial charge in [0.1, 0.15) is 0 Å². The summed E-state index contributed by atoms with van der Waals surface area (Å²) in [5.41, 5.74) is 0.190. The van der Waals surface area contributed by atoms with Crippen molar-refractivity contribution < 1.29 is 18.3 Å². The molecule has 0 aromatic heterocycles. The Kier molecular flexibility index (Phi) is 3.13. The van der Waals surface area contributed by atoms with Crippen LogP contribution in [0.5, 0.6) is 0 Å². The largest absolute Gasteiger partial charge is 0.481 e. The summed E-state index contributed by atoms with van der Waals surface area (Å²) in [6.07, 6.45) is -0.359. The van der Waals surface area contributed by atoms with Gasteiger partial charge in [0.15, 0.2) is 0 Å². The third-order valence-corrected chi connectivity index (χ3v) is 3.00. The smallest absolute Gasteiger partial charge is 0.307 e. The molecule has 1 aromatic rings. The van der Waals surface area contributed by atoms with Crippen molar-refractivity contribution in [1.82, 2.24) is 0 Å². The van der Waals surface area contributed by atoms with Crippen molar-refractivity contribution in [2.45, 2.75) is 11.3 Å². The molecule has 4 nitrogen and oxygen atoms in total. The Morgan fingerprint density at radius 3 is 2.43 bits per heavy atom. The van der Waals surface area contributed by atoms with E-state index in [1.165, 1.54) is 18.2 Å². The Morgan fingerprint density at radius 2 is 1.93 bits per heavy atom. The highest BCUT2D eigenvalue weighted by Crippen LogP contribution is 2.19. The van der Waals surface area contributed by atoms with Gasteiger partial charge in [0.25, 0.3) is 9.05 Å². The van der Waals surface area contributed by atoms with E-state index in [2.05, 4.69) is 0 Å². The predicted octanol–water partition coefficient (Wildman–Crippen LogP) is 1.24. The van der Waals surface area contributed by atoms with Crippen molar-refractivity contribution >= 4 is 25.7 Å². The molecule has 0 aliphatic heterocycles. The van der Waals surface area contributed by atoms with Gasteiger partial charge < -0.3 is 5.11 Å². The van der Waals surface area contributed by atoms with E-state index >= 15 is 0 Å². The molecule has 76 valence electrons. The zero-order chi connectivity index (χ0) is 10.8. The van der Waals surface area contributed by atoms with Crippen molar-refractivity contribution in [1.29, 1.82) is 0 Å². The number of hydrogen-bond donors (Lipinski definition) is 1. The molecule has 14 heavy (non-hydrogen) atoms. The van der Waals surface area contributed by atoms with Crippen LogP contribution in [-0.4, -0.2) is 19.5 Å². The first kappa shape index (κ1) is 11.0. The molecule has 0 radical (unpaired) electrons. The van der Waals surface area contributed by atoms with E-state index in [4.69, 9.17) is 15.8 Å². The van der Waals surface area contributed by atoms with Crippen LogP contribution in [0.3, 0.4) is 0 Å². The molecule has 1 rings (SSSR count). The van der Waals surface area contributed by atoms with E-state index in [1.807, 2.05) is 0 Å². The summed E-state index contributed by atoms with van der Waals surface area (Å²) < 4.78 is 22.0. The van der Waals surface area contributed by atoms with Crippen molar-refractivity contribution in [2.75, 3.05) is 0 Å². The number of hydrogen-bond acceptors (Lipinski definition) is 3. The second kappa shape index (κ2) is 3.98. The quantitative estimate of drug-likeness (QED) is 0.799. The second-order valence-corrected chi connectivity index (χ2v) is 5.15. The van der Waals surface area contributed by atoms with Gasteiger partial charge in [-0.05, 0) is 11.6 Å². The molecular formula is C8H7ClO4S. The highest BCUT2D eigenvalue weighted by Gasteiger charge is 2.16. The van der Waals surface area contributed by atoms with Crippen molar-refractivity contribution in [3.63, 3.8) is 0 Å². The van der Waals surface area contributed by atoms with Gasteiger partial charge in [-0.25, -0.2) is 8.42 Å². The average molecular weight is 235 g/mol. The second-order valence-electron chi connectivity index (χ2n) is 2.62. The molecule has 0 saturated heterocycles. The monoisotopic (exact) mass is 234 g/mol. The predicted molar refractivity (Wildman–Crippen MR) is 50.8 cm³/mol. The molecule has 0 atom stereocenters. The maximum absolute atomic E-state index is 11.0. The first-order valence-corrected chi connectivity index (χ1v) is 5.96. The lowest BCUT2D eigenvalue weighted by Crippen LogP contribution is -2.04. The number of carbonyl (C=O) groups is 1. The minimum Gasteiger partial charge on any atom is -0.481 e.